The minimum atomic E-state index is 0.662. The number of aromatic nitrogens is 1. The first kappa shape index (κ1) is 13.1. The summed E-state index contributed by atoms with van der Waals surface area (Å²) in [5.74, 6) is 1.48. The molecule has 0 saturated carbocycles. The first-order valence-electron chi connectivity index (χ1n) is 7.11. The number of pyridine rings is 1. The van der Waals surface area contributed by atoms with E-state index in [1.807, 2.05) is 6.07 Å². The molecule has 1 aliphatic rings. The lowest BCUT2D eigenvalue weighted by atomic mass is 9.99. The Morgan fingerprint density at radius 3 is 2.75 bits per heavy atom. The van der Waals surface area contributed by atoms with Crippen LogP contribution in [0.1, 0.15) is 23.6 Å². The first-order valence-corrected chi connectivity index (χ1v) is 7.11. The number of benzene rings is 1. The molecule has 1 saturated heterocycles. The van der Waals surface area contributed by atoms with Gasteiger partial charge < -0.3 is 4.74 Å². The molecule has 2 heterocycles. The third-order valence-electron chi connectivity index (χ3n) is 3.96. The maximum Gasteiger partial charge on any atom is 0.137 e. The van der Waals surface area contributed by atoms with Crippen LogP contribution in [-0.2, 0) is 6.54 Å². The molecule has 20 heavy (non-hydrogen) atoms. The van der Waals surface area contributed by atoms with Gasteiger partial charge >= 0.3 is 0 Å². The van der Waals surface area contributed by atoms with Crippen molar-refractivity contribution in [2.75, 3.05) is 20.2 Å². The van der Waals surface area contributed by atoms with E-state index < -0.39 is 0 Å². The van der Waals surface area contributed by atoms with Crippen molar-refractivity contribution in [2.45, 2.75) is 18.9 Å². The number of methoxy groups -OCH3 is 1. The summed E-state index contributed by atoms with van der Waals surface area (Å²) >= 11 is 0. The summed E-state index contributed by atoms with van der Waals surface area (Å²) in [6.07, 6.45) is 3.03. The highest BCUT2D eigenvalue weighted by molar-refractivity contribution is 5.22. The summed E-state index contributed by atoms with van der Waals surface area (Å²) < 4.78 is 5.14. The van der Waals surface area contributed by atoms with E-state index in [0.717, 1.165) is 31.1 Å². The van der Waals surface area contributed by atoms with Crippen molar-refractivity contribution in [3.63, 3.8) is 0 Å². The summed E-state index contributed by atoms with van der Waals surface area (Å²) in [5, 5.41) is 0. The van der Waals surface area contributed by atoms with Crippen LogP contribution < -0.4 is 4.74 Å². The van der Waals surface area contributed by atoms with Crippen molar-refractivity contribution in [3.05, 3.63) is 59.9 Å². The number of nitrogens with zero attached hydrogens (tertiary/aromatic N) is 2. The highest BCUT2D eigenvalue weighted by Gasteiger charge is 2.23. The van der Waals surface area contributed by atoms with Gasteiger partial charge in [-0.05, 0) is 36.6 Å². The molecular formula is C17H20N2O. The monoisotopic (exact) mass is 268 g/mol. The Kier molecular flexibility index (Phi) is 3.97. The van der Waals surface area contributed by atoms with Crippen molar-refractivity contribution in [1.82, 2.24) is 9.88 Å². The molecule has 0 amide bonds. The van der Waals surface area contributed by atoms with Gasteiger partial charge in [-0.15, -0.1) is 0 Å². The summed E-state index contributed by atoms with van der Waals surface area (Å²) in [5.41, 5.74) is 2.57. The lowest BCUT2D eigenvalue weighted by molar-refractivity contribution is 0.322. The molecule has 3 rings (SSSR count). The van der Waals surface area contributed by atoms with Crippen LogP contribution in [-0.4, -0.2) is 30.1 Å². The van der Waals surface area contributed by atoms with Gasteiger partial charge in [-0.25, -0.2) is 0 Å². The van der Waals surface area contributed by atoms with Gasteiger partial charge in [-0.2, -0.15) is 0 Å². The van der Waals surface area contributed by atoms with Crippen molar-refractivity contribution in [1.29, 1.82) is 0 Å². The van der Waals surface area contributed by atoms with Crippen molar-refractivity contribution in [2.24, 2.45) is 0 Å². The standard InChI is InChI=1S/C17H20N2O/c1-20-17-8-7-16(18-11-17)13-19-10-9-15(12-19)14-5-3-2-4-6-14/h2-8,11,15H,9-10,12-13H2,1H3. The van der Waals surface area contributed by atoms with Gasteiger partial charge in [-0.3, -0.25) is 9.88 Å². The summed E-state index contributed by atoms with van der Waals surface area (Å²) in [6.45, 7) is 3.19. The van der Waals surface area contributed by atoms with E-state index in [1.54, 1.807) is 13.3 Å². The maximum absolute atomic E-state index is 5.14. The van der Waals surface area contributed by atoms with Crippen LogP contribution in [0.25, 0.3) is 0 Å². The highest BCUT2D eigenvalue weighted by Crippen LogP contribution is 2.27. The average molecular weight is 268 g/mol. The maximum atomic E-state index is 5.14. The van der Waals surface area contributed by atoms with Crippen LogP contribution in [0.2, 0.25) is 0 Å². The van der Waals surface area contributed by atoms with Crippen LogP contribution >= 0.6 is 0 Å². The minimum Gasteiger partial charge on any atom is -0.495 e. The van der Waals surface area contributed by atoms with Gasteiger partial charge in [-0.1, -0.05) is 30.3 Å². The van der Waals surface area contributed by atoms with E-state index in [-0.39, 0.29) is 0 Å². The molecule has 1 unspecified atom stereocenters. The van der Waals surface area contributed by atoms with Crippen LogP contribution in [0.4, 0.5) is 0 Å². The van der Waals surface area contributed by atoms with E-state index >= 15 is 0 Å². The zero-order valence-corrected chi connectivity index (χ0v) is 11.8. The van der Waals surface area contributed by atoms with Gasteiger partial charge in [0, 0.05) is 13.1 Å². The van der Waals surface area contributed by atoms with Gasteiger partial charge in [0.05, 0.1) is 19.0 Å². The van der Waals surface area contributed by atoms with Gasteiger partial charge in [0.15, 0.2) is 0 Å². The fourth-order valence-electron chi connectivity index (χ4n) is 2.83. The lowest BCUT2D eigenvalue weighted by Crippen LogP contribution is -2.20. The number of likely N-dealkylation sites (tertiary alicyclic amines) is 1. The highest BCUT2D eigenvalue weighted by atomic mass is 16.5. The molecule has 0 spiro atoms. The average Bonchev–Trinajstić information content (AvgIpc) is 2.97. The predicted octanol–water partition coefficient (Wildman–Crippen LogP) is 3.08. The Labute approximate surface area is 120 Å². The van der Waals surface area contributed by atoms with E-state index in [4.69, 9.17) is 4.74 Å². The molecule has 1 aliphatic heterocycles. The Hall–Kier alpha value is -1.87. The molecule has 1 fully saturated rings. The first-order chi connectivity index (χ1) is 9.85. The van der Waals surface area contributed by atoms with Gasteiger partial charge in [0.2, 0.25) is 0 Å². The number of rotatable bonds is 4. The molecule has 0 N–H and O–H groups in total. The van der Waals surface area contributed by atoms with Gasteiger partial charge in [0.25, 0.3) is 0 Å². The third kappa shape index (κ3) is 2.99. The lowest BCUT2D eigenvalue weighted by Gasteiger charge is -2.15. The topological polar surface area (TPSA) is 25.4 Å². The minimum absolute atomic E-state index is 0.662. The number of hydrogen-bond acceptors (Lipinski definition) is 3. The van der Waals surface area contributed by atoms with Crippen LogP contribution in [0.15, 0.2) is 48.7 Å². The second kappa shape index (κ2) is 6.06. The van der Waals surface area contributed by atoms with Crippen LogP contribution in [0.5, 0.6) is 5.75 Å². The molecule has 1 atom stereocenters. The van der Waals surface area contributed by atoms with Crippen LogP contribution in [0.3, 0.4) is 0 Å². The third-order valence-corrected chi connectivity index (χ3v) is 3.96. The molecule has 2 aromatic rings. The summed E-state index contributed by atoms with van der Waals surface area (Å²) in [4.78, 5) is 6.92. The summed E-state index contributed by atoms with van der Waals surface area (Å²) in [7, 11) is 1.67. The second-order valence-electron chi connectivity index (χ2n) is 5.32. The Balaban J connectivity index is 1.60. The van der Waals surface area contributed by atoms with E-state index in [2.05, 4.69) is 46.3 Å². The van der Waals surface area contributed by atoms with Crippen molar-refractivity contribution < 1.29 is 4.74 Å². The fourth-order valence-corrected chi connectivity index (χ4v) is 2.83. The van der Waals surface area contributed by atoms with Crippen molar-refractivity contribution >= 4 is 0 Å². The molecule has 0 bridgehead atoms. The number of hydrogen-bond donors (Lipinski definition) is 0. The molecule has 0 radical (unpaired) electrons. The second-order valence-corrected chi connectivity index (χ2v) is 5.32. The smallest absolute Gasteiger partial charge is 0.137 e. The largest absolute Gasteiger partial charge is 0.495 e. The zero-order valence-electron chi connectivity index (χ0n) is 11.8. The van der Waals surface area contributed by atoms with E-state index in [1.165, 1.54) is 12.0 Å². The molecular weight excluding hydrogens is 248 g/mol. The van der Waals surface area contributed by atoms with Gasteiger partial charge in [0.1, 0.15) is 5.75 Å². The molecule has 1 aromatic carbocycles. The normalized spacial score (nSPS) is 19.1. The van der Waals surface area contributed by atoms with E-state index in [9.17, 15) is 0 Å². The zero-order chi connectivity index (χ0) is 13.8. The molecule has 0 aliphatic carbocycles. The summed E-state index contributed by atoms with van der Waals surface area (Å²) in [6, 6.07) is 14.8. The predicted molar refractivity (Wildman–Crippen MR) is 79.9 cm³/mol. The molecule has 104 valence electrons. The SMILES string of the molecule is COc1ccc(CN2CCC(c3ccccc3)C2)nc1. The van der Waals surface area contributed by atoms with Crippen molar-refractivity contribution in [3.8, 4) is 5.75 Å². The Bertz CT molecular complexity index is 539. The Morgan fingerprint density at radius 2 is 2.05 bits per heavy atom. The van der Waals surface area contributed by atoms with E-state index in [0.29, 0.717) is 5.92 Å². The molecule has 3 nitrogen and oxygen atoms in total. The molecule has 3 heteroatoms. The number of ether oxygens (including phenoxy) is 1. The quantitative estimate of drug-likeness (QED) is 0.852. The molecule has 1 aromatic heterocycles. The Morgan fingerprint density at radius 1 is 1.20 bits per heavy atom. The fraction of sp³-hybridized carbons (Fsp3) is 0.353. The van der Waals surface area contributed by atoms with Crippen LogP contribution in [0, 0.1) is 0 Å².